The van der Waals surface area contributed by atoms with E-state index in [0.717, 1.165) is 5.06 Å². The molecule has 0 unspecified atom stereocenters. The normalized spacial score (nSPS) is 9.57. The minimum absolute atomic E-state index is 0.0195. The van der Waals surface area contributed by atoms with E-state index < -0.39 is 0 Å². The molecule has 1 aromatic rings. The van der Waals surface area contributed by atoms with Crippen molar-refractivity contribution in [3.8, 4) is 5.75 Å². The summed E-state index contributed by atoms with van der Waals surface area (Å²) in [6.07, 6.45) is 0. The molecule has 0 radical (unpaired) electrons. The molecule has 4 nitrogen and oxygen atoms in total. The van der Waals surface area contributed by atoms with E-state index in [-0.39, 0.29) is 12.5 Å². The Bertz CT molecular complexity index is 287. The molecule has 14 heavy (non-hydrogen) atoms. The first-order chi connectivity index (χ1) is 6.74. The molecule has 1 aromatic carbocycles. The lowest BCUT2D eigenvalue weighted by molar-refractivity contribution is -0.170. The van der Waals surface area contributed by atoms with Crippen LogP contribution in [-0.2, 0) is 9.63 Å². The van der Waals surface area contributed by atoms with Gasteiger partial charge in [0.15, 0.2) is 6.61 Å². The molecule has 1 rings (SSSR count). The van der Waals surface area contributed by atoms with Gasteiger partial charge < -0.3 is 4.74 Å². The van der Waals surface area contributed by atoms with E-state index in [9.17, 15) is 4.79 Å². The summed E-state index contributed by atoms with van der Waals surface area (Å²) >= 11 is 0. The second-order valence-corrected chi connectivity index (χ2v) is 2.68. The zero-order chi connectivity index (χ0) is 10.4. The molecule has 0 heterocycles. The summed E-state index contributed by atoms with van der Waals surface area (Å²) in [7, 11) is 2.97. The summed E-state index contributed by atoms with van der Waals surface area (Å²) in [6.45, 7) is -0.0195. The highest BCUT2D eigenvalue weighted by molar-refractivity contribution is 5.76. The molecule has 76 valence electrons. The molecule has 0 spiro atoms. The Morgan fingerprint density at radius 3 is 2.57 bits per heavy atom. The fourth-order valence-electron chi connectivity index (χ4n) is 0.855. The predicted octanol–water partition coefficient (Wildman–Crippen LogP) is 1.09. The third-order valence-electron chi connectivity index (χ3n) is 1.73. The zero-order valence-electron chi connectivity index (χ0n) is 8.27. The molecular weight excluding hydrogens is 182 g/mol. The van der Waals surface area contributed by atoms with Gasteiger partial charge in [0.1, 0.15) is 5.75 Å². The Balaban J connectivity index is 2.38. The van der Waals surface area contributed by atoms with Crippen LogP contribution in [0.15, 0.2) is 30.3 Å². The standard InChI is InChI=1S/C10H13NO3/c1-11(13-2)10(12)8-14-9-6-4-3-5-7-9/h3-7H,8H2,1-2H3. The first kappa shape index (κ1) is 10.5. The Morgan fingerprint density at radius 1 is 1.36 bits per heavy atom. The van der Waals surface area contributed by atoms with Gasteiger partial charge in [-0.05, 0) is 12.1 Å². The molecule has 0 fully saturated rings. The lowest BCUT2D eigenvalue weighted by Gasteiger charge is -2.13. The van der Waals surface area contributed by atoms with Crippen molar-refractivity contribution in [1.82, 2.24) is 5.06 Å². The first-order valence-electron chi connectivity index (χ1n) is 4.22. The molecule has 0 aromatic heterocycles. The van der Waals surface area contributed by atoms with Gasteiger partial charge in [0.25, 0.3) is 5.91 Å². The second-order valence-electron chi connectivity index (χ2n) is 2.68. The summed E-state index contributed by atoms with van der Waals surface area (Å²) < 4.78 is 5.22. The van der Waals surface area contributed by atoms with Gasteiger partial charge in [0, 0.05) is 7.05 Å². The quantitative estimate of drug-likeness (QED) is 0.675. The van der Waals surface area contributed by atoms with E-state index in [4.69, 9.17) is 9.57 Å². The van der Waals surface area contributed by atoms with Gasteiger partial charge in [-0.15, -0.1) is 0 Å². The van der Waals surface area contributed by atoms with Gasteiger partial charge in [-0.3, -0.25) is 9.63 Å². The van der Waals surface area contributed by atoms with E-state index in [2.05, 4.69) is 0 Å². The highest BCUT2D eigenvalue weighted by Crippen LogP contribution is 2.07. The number of nitrogens with zero attached hydrogens (tertiary/aromatic N) is 1. The van der Waals surface area contributed by atoms with Crippen molar-refractivity contribution in [2.24, 2.45) is 0 Å². The lowest BCUT2D eigenvalue weighted by Crippen LogP contribution is -2.30. The van der Waals surface area contributed by atoms with Gasteiger partial charge in [0.2, 0.25) is 0 Å². The van der Waals surface area contributed by atoms with Crippen LogP contribution in [0.1, 0.15) is 0 Å². The van der Waals surface area contributed by atoms with Crippen molar-refractivity contribution in [2.75, 3.05) is 20.8 Å². The van der Waals surface area contributed by atoms with Gasteiger partial charge in [-0.1, -0.05) is 18.2 Å². The maximum atomic E-state index is 11.2. The number of ether oxygens (including phenoxy) is 1. The largest absolute Gasteiger partial charge is 0.484 e. The maximum absolute atomic E-state index is 11.2. The summed E-state index contributed by atoms with van der Waals surface area (Å²) in [6, 6.07) is 9.16. The lowest BCUT2D eigenvalue weighted by atomic mass is 10.3. The van der Waals surface area contributed by atoms with E-state index in [0.29, 0.717) is 5.75 Å². The average molecular weight is 195 g/mol. The minimum atomic E-state index is -0.226. The predicted molar refractivity (Wildman–Crippen MR) is 51.7 cm³/mol. The van der Waals surface area contributed by atoms with E-state index in [1.807, 2.05) is 18.2 Å². The van der Waals surface area contributed by atoms with Crippen LogP contribution < -0.4 is 4.74 Å². The molecule has 0 aliphatic rings. The SMILES string of the molecule is CON(C)C(=O)COc1ccccc1. The Kier molecular flexibility index (Phi) is 3.94. The van der Waals surface area contributed by atoms with Crippen molar-refractivity contribution in [2.45, 2.75) is 0 Å². The van der Waals surface area contributed by atoms with Crippen LogP contribution in [0.3, 0.4) is 0 Å². The van der Waals surface area contributed by atoms with Crippen LogP contribution in [0.2, 0.25) is 0 Å². The molecule has 0 aliphatic heterocycles. The van der Waals surface area contributed by atoms with Crippen molar-refractivity contribution >= 4 is 5.91 Å². The zero-order valence-corrected chi connectivity index (χ0v) is 8.27. The molecule has 0 saturated heterocycles. The highest BCUT2D eigenvalue weighted by Gasteiger charge is 2.07. The smallest absolute Gasteiger partial charge is 0.283 e. The Hall–Kier alpha value is -1.55. The van der Waals surface area contributed by atoms with Crippen LogP contribution in [-0.4, -0.2) is 31.7 Å². The molecule has 0 saturated carbocycles. The number of hydroxylamine groups is 2. The third kappa shape index (κ3) is 3.06. The molecule has 4 heteroatoms. The summed E-state index contributed by atoms with van der Waals surface area (Å²) in [5.74, 6) is 0.446. The topological polar surface area (TPSA) is 38.8 Å². The number of hydrogen-bond donors (Lipinski definition) is 0. The maximum Gasteiger partial charge on any atom is 0.283 e. The highest BCUT2D eigenvalue weighted by atomic mass is 16.7. The molecule has 1 amide bonds. The molecule has 0 aliphatic carbocycles. The van der Waals surface area contributed by atoms with Gasteiger partial charge in [-0.25, -0.2) is 5.06 Å². The Labute approximate surface area is 83.0 Å². The average Bonchev–Trinajstić information content (AvgIpc) is 2.26. The van der Waals surface area contributed by atoms with Gasteiger partial charge >= 0.3 is 0 Å². The molecule has 0 N–H and O–H groups in total. The fraction of sp³-hybridized carbons (Fsp3) is 0.300. The number of hydrogen-bond acceptors (Lipinski definition) is 3. The third-order valence-corrected chi connectivity index (χ3v) is 1.73. The minimum Gasteiger partial charge on any atom is -0.484 e. The van der Waals surface area contributed by atoms with Crippen molar-refractivity contribution < 1.29 is 14.4 Å². The van der Waals surface area contributed by atoms with Crippen LogP contribution in [0.4, 0.5) is 0 Å². The first-order valence-corrected chi connectivity index (χ1v) is 4.22. The number of likely N-dealkylation sites (N-methyl/N-ethyl adjacent to an activating group) is 1. The number of rotatable bonds is 4. The number of amides is 1. The van der Waals surface area contributed by atoms with E-state index >= 15 is 0 Å². The number of carbonyl (C=O) groups excluding carboxylic acids is 1. The molecule has 0 bridgehead atoms. The van der Waals surface area contributed by atoms with E-state index in [1.165, 1.54) is 14.2 Å². The Morgan fingerprint density at radius 2 is 2.00 bits per heavy atom. The molecular formula is C10H13NO3. The van der Waals surface area contributed by atoms with Crippen LogP contribution in [0, 0.1) is 0 Å². The summed E-state index contributed by atoms with van der Waals surface area (Å²) in [5.41, 5.74) is 0. The fourth-order valence-corrected chi connectivity index (χ4v) is 0.855. The monoisotopic (exact) mass is 195 g/mol. The van der Waals surface area contributed by atoms with Crippen molar-refractivity contribution in [3.63, 3.8) is 0 Å². The van der Waals surface area contributed by atoms with Gasteiger partial charge in [0.05, 0.1) is 7.11 Å². The van der Waals surface area contributed by atoms with Crippen LogP contribution >= 0.6 is 0 Å². The number of benzene rings is 1. The second kappa shape index (κ2) is 5.24. The van der Waals surface area contributed by atoms with Crippen LogP contribution in [0.5, 0.6) is 5.75 Å². The number of carbonyl (C=O) groups is 1. The summed E-state index contributed by atoms with van der Waals surface area (Å²) in [4.78, 5) is 15.9. The molecule has 0 atom stereocenters. The van der Waals surface area contributed by atoms with Gasteiger partial charge in [-0.2, -0.15) is 0 Å². The van der Waals surface area contributed by atoms with Crippen LogP contribution in [0.25, 0.3) is 0 Å². The number of para-hydroxylation sites is 1. The summed E-state index contributed by atoms with van der Waals surface area (Å²) in [5, 5.41) is 1.13. The van der Waals surface area contributed by atoms with E-state index in [1.54, 1.807) is 12.1 Å². The van der Waals surface area contributed by atoms with Crippen molar-refractivity contribution in [3.05, 3.63) is 30.3 Å². The van der Waals surface area contributed by atoms with Crippen molar-refractivity contribution in [1.29, 1.82) is 0 Å².